The molecule has 0 N–H and O–H groups in total. The van der Waals surface area contributed by atoms with Crippen molar-refractivity contribution in [1.29, 1.82) is 0 Å². The van der Waals surface area contributed by atoms with Gasteiger partial charge in [-0.25, -0.2) is 0 Å². The highest BCUT2D eigenvalue weighted by atomic mass is 16.6. The highest BCUT2D eigenvalue weighted by Crippen LogP contribution is 2.78. The fraction of sp³-hybridized carbons (Fsp3) is 0.615. The van der Waals surface area contributed by atoms with Crippen molar-refractivity contribution in [3.8, 4) is 11.5 Å². The Labute approximate surface area is 204 Å². The van der Waals surface area contributed by atoms with Crippen LogP contribution in [0.5, 0.6) is 11.5 Å². The summed E-state index contributed by atoms with van der Waals surface area (Å²) in [5, 5.41) is 0. The number of benzene rings is 1. The van der Waals surface area contributed by atoms with Gasteiger partial charge in [0.05, 0.1) is 32.8 Å². The molecular formula is C26H32N2O7. The van der Waals surface area contributed by atoms with Gasteiger partial charge in [-0.3, -0.25) is 14.5 Å². The number of rotatable bonds is 5. The first-order chi connectivity index (χ1) is 16.8. The highest BCUT2D eigenvalue weighted by molar-refractivity contribution is 5.87. The minimum absolute atomic E-state index is 0.0689. The predicted molar refractivity (Wildman–Crippen MR) is 125 cm³/mol. The number of carbonyl (C=O) groups is 2. The van der Waals surface area contributed by atoms with Gasteiger partial charge >= 0.3 is 11.9 Å². The number of carbonyl (C=O) groups excluding carboxylic acids is 2. The fourth-order valence-corrected chi connectivity index (χ4v) is 8.34. The van der Waals surface area contributed by atoms with Gasteiger partial charge in [-0.1, -0.05) is 11.6 Å². The Bertz CT molecular complexity index is 1170. The summed E-state index contributed by atoms with van der Waals surface area (Å²) in [5.41, 5.74) is 0.208. The van der Waals surface area contributed by atoms with Gasteiger partial charge in [-0.05, 0) is 25.0 Å². The minimum Gasteiger partial charge on any atom is -0.493 e. The van der Waals surface area contributed by atoms with Crippen molar-refractivity contribution in [3.63, 3.8) is 0 Å². The number of piperidine rings is 2. The van der Waals surface area contributed by atoms with Crippen molar-refractivity contribution in [2.75, 3.05) is 46.4 Å². The van der Waals surface area contributed by atoms with Crippen molar-refractivity contribution in [2.45, 2.75) is 50.1 Å². The second kappa shape index (κ2) is 7.13. The summed E-state index contributed by atoms with van der Waals surface area (Å²) in [7, 11) is 6.66. The van der Waals surface area contributed by atoms with Gasteiger partial charge in [0.1, 0.15) is 18.2 Å². The maximum atomic E-state index is 14.2. The largest absolute Gasteiger partial charge is 0.493 e. The van der Waals surface area contributed by atoms with Gasteiger partial charge in [0, 0.05) is 44.6 Å². The Morgan fingerprint density at radius 1 is 1.20 bits per heavy atom. The highest BCUT2D eigenvalue weighted by Gasteiger charge is 2.88. The molecule has 4 heterocycles. The van der Waals surface area contributed by atoms with E-state index in [0.29, 0.717) is 30.9 Å². The molecule has 4 fully saturated rings. The van der Waals surface area contributed by atoms with Gasteiger partial charge < -0.3 is 28.6 Å². The Morgan fingerprint density at radius 3 is 2.54 bits per heavy atom. The van der Waals surface area contributed by atoms with Crippen LogP contribution in [0.2, 0.25) is 0 Å². The Hall–Kier alpha value is -2.78. The summed E-state index contributed by atoms with van der Waals surface area (Å²) in [6.07, 6.45) is 3.23. The van der Waals surface area contributed by atoms with Crippen LogP contribution in [-0.4, -0.2) is 76.4 Å². The van der Waals surface area contributed by atoms with E-state index in [2.05, 4.69) is 15.9 Å². The topological polar surface area (TPSA) is 86.8 Å². The molecular weight excluding hydrogens is 452 g/mol. The maximum Gasteiger partial charge on any atom is 0.317 e. The molecule has 0 aromatic heterocycles. The van der Waals surface area contributed by atoms with E-state index in [1.54, 1.807) is 14.2 Å². The fourth-order valence-electron chi connectivity index (χ4n) is 8.34. The predicted octanol–water partition coefficient (Wildman–Crippen LogP) is 2.22. The zero-order valence-electron chi connectivity index (χ0n) is 21.0. The molecule has 9 nitrogen and oxygen atoms in total. The van der Waals surface area contributed by atoms with E-state index in [1.165, 1.54) is 14.0 Å². The lowest BCUT2D eigenvalue weighted by molar-refractivity contribution is -0.199. The number of methoxy groups -OCH3 is 3. The van der Waals surface area contributed by atoms with E-state index < -0.39 is 22.5 Å². The third-order valence-electron chi connectivity index (χ3n) is 9.50. The number of nitrogens with zero attached hydrogens (tertiary/aromatic N) is 2. The number of hydrogen-bond acceptors (Lipinski definition) is 9. The summed E-state index contributed by atoms with van der Waals surface area (Å²) in [6, 6.07) is 4.01. The quantitative estimate of drug-likeness (QED) is 0.461. The van der Waals surface area contributed by atoms with Crippen molar-refractivity contribution in [3.05, 3.63) is 29.3 Å². The number of hydrogen-bond donors (Lipinski definition) is 0. The Morgan fingerprint density at radius 2 is 1.91 bits per heavy atom. The maximum absolute atomic E-state index is 14.2. The molecule has 1 saturated carbocycles. The number of anilines is 1. The number of ether oxygens (including phenoxy) is 5. The number of allylic oxidation sites excluding steroid dienone is 1. The average molecular weight is 485 g/mol. The van der Waals surface area contributed by atoms with Crippen LogP contribution in [0.3, 0.4) is 0 Å². The molecule has 4 aliphatic heterocycles. The molecule has 1 aromatic rings. The minimum atomic E-state index is -1.17. The molecule has 6 atom stereocenters. The van der Waals surface area contributed by atoms with Gasteiger partial charge in [0.15, 0.2) is 17.2 Å². The van der Waals surface area contributed by atoms with E-state index in [-0.39, 0.29) is 30.8 Å². The van der Waals surface area contributed by atoms with Crippen LogP contribution in [0.4, 0.5) is 5.69 Å². The number of likely N-dealkylation sites (N-methyl/N-ethyl adjacent to an activating group) is 1. The molecule has 1 aliphatic carbocycles. The Kier molecular flexibility index (Phi) is 4.62. The van der Waals surface area contributed by atoms with Crippen LogP contribution in [0, 0.1) is 11.3 Å². The van der Waals surface area contributed by atoms with Crippen LogP contribution >= 0.6 is 0 Å². The van der Waals surface area contributed by atoms with Crippen molar-refractivity contribution < 1.29 is 33.3 Å². The van der Waals surface area contributed by atoms with Crippen LogP contribution < -0.4 is 14.4 Å². The van der Waals surface area contributed by atoms with Crippen molar-refractivity contribution >= 4 is 17.6 Å². The smallest absolute Gasteiger partial charge is 0.317 e. The zero-order valence-corrected chi connectivity index (χ0v) is 21.0. The molecule has 0 amide bonds. The van der Waals surface area contributed by atoms with Crippen LogP contribution in [0.25, 0.3) is 0 Å². The lowest BCUT2D eigenvalue weighted by Gasteiger charge is -2.65. The normalized spacial score (nSPS) is 39.0. The van der Waals surface area contributed by atoms with Gasteiger partial charge in [-0.2, -0.15) is 0 Å². The molecule has 3 saturated heterocycles. The summed E-state index contributed by atoms with van der Waals surface area (Å²) < 4.78 is 29.6. The van der Waals surface area contributed by atoms with Crippen molar-refractivity contribution in [1.82, 2.24) is 4.90 Å². The molecule has 4 bridgehead atoms. The van der Waals surface area contributed by atoms with E-state index in [1.807, 2.05) is 26.1 Å². The van der Waals surface area contributed by atoms with Gasteiger partial charge in [0.2, 0.25) is 0 Å². The van der Waals surface area contributed by atoms with Crippen LogP contribution in [-0.2, 0) is 29.2 Å². The summed E-state index contributed by atoms with van der Waals surface area (Å²) in [5.74, 6) is 0.226. The first-order valence-corrected chi connectivity index (χ1v) is 12.1. The third kappa shape index (κ3) is 2.23. The third-order valence-corrected chi connectivity index (χ3v) is 9.50. The molecule has 6 rings (SSSR count). The van der Waals surface area contributed by atoms with Crippen LogP contribution in [0.1, 0.15) is 32.3 Å². The van der Waals surface area contributed by atoms with Crippen LogP contribution in [0.15, 0.2) is 23.8 Å². The lowest BCUT2D eigenvalue weighted by Crippen LogP contribution is -2.80. The Balaban J connectivity index is 1.72. The average Bonchev–Trinajstić information content (AvgIpc) is 3.47. The zero-order chi connectivity index (χ0) is 24.9. The second-order valence-electron chi connectivity index (χ2n) is 10.2. The standard InChI is InChI=1S/C26H32N2O7/c1-7-15-12-28-21-9-16(15)24(23(30)33-6,13-34-14(2)29)25-11-22(28)35-26(21,25)27(3)18-10-20(32-5)19(31-4)8-17(18)25/h7-8,10,16,21-22H,9,11-13H2,1-6H3/b15-7-/t16-,21-,22-,24-,25-,26-/m0/s1. The summed E-state index contributed by atoms with van der Waals surface area (Å²) in [4.78, 5) is 30.9. The molecule has 35 heavy (non-hydrogen) atoms. The lowest BCUT2D eigenvalue weighted by atomic mass is 9.42. The number of fused-ring (bicyclic) bond motifs is 4. The first kappa shape index (κ1) is 22.7. The first-order valence-electron chi connectivity index (χ1n) is 12.1. The molecule has 1 spiro atoms. The van der Waals surface area contributed by atoms with E-state index in [0.717, 1.165) is 16.8 Å². The summed E-state index contributed by atoms with van der Waals surface area (Å²) >= 11 is 0. The molecule has 0 unspecified atom stereocenters. The van der Waals surface area contributed by atoms with Crippen molar-refractivity contribution in [2.24, 2.45) is 11.3 Å². The monoisotopic (exact) mass is 484 g/mol. The van der Waals surface area contributed by atoms with E-state index in [4.69, 9.17) is 23.7 Å². The van der Waals surface area contributed by atoms with Gasteiger partial charge in [-0.15, -0.1) is 0 Å². The molecule has 5 aliphatic rings. The molecule has 188 valence electrons. The molecule has 0 radical (unpaired) electrons. The number of esters is 2. The SMILES string of the molecule is C/C=C1/CN2[C@@H]3C[C@@]45c6cc(OC)c(OC)cc6N(C)[C@]4(O3)[C@@H]2C[C@@H]1[C@@]5(COC(C)=O)C(=O)OC. The summed E-state index contributed by atoms with van der Waals surface area (Å²) in [6.45, 7) is 4.02. The molecule has 9 heteroatoms. The molecule has 1 aromatic carbocycles. The second-order valence-corrected chi connectivity index (χ2v) is 10.2. The van der Waals surface area contributed by atoms with E-state index in [9.17, 15) is 9.59 Å². The van der Waals surface area contributed by atoms with E-state index >= 15 is 0 Å². The van der Waals surface area contributed by atoms with Gasteiger partial charge in [0.25, 0.3) is 0 Å².